The van der Waals surface area contributed by atoms with E-state index in [9.17, 15) is 0 Å². The van der Waals surface area contributed by atoms with Gasteiger partial charge in [-0.15, -0.1) is 0 Å². The Balaban J connectivity index is 0.00000109. The number of rotatable bonds is 7. The molecule has 1 aliphatic heterocycles. The fourth-order valence-electron chi connectivity index (χ4n) is 4.62. The summed E-state index contributed by atoms with van der Waals surface area (Å²) in [6.07, 6.45) is 4.15. The molecule has 4 aromatic rings. The molecule has 0 spiro atoms. The summed E-state index contributed by atoms with van der Waals surface area (Å²) in [5.74, 6) is 0. The Bertz CT molecular complexity index is 1160. The SMILES string of the molecule is C.C=O.CC.COCCN1CCN(CCn2cc(-c3cc4cccnc4[nH]3)c3cc(C)ccc32)CC1.[HH]. The first-order valence-electron chi connectivity index (χ1n) is 12.5. The molecular weight excluding hydrogens is 450 g/mol. The van der Waals surface area contributed by atoms with Crippen LogP contribution in [0.5, 0.6) is 0 Å². The van der Waals surface area contributed by atoms with Crippen molar-refractivity contribution in [2.45, 2.75) is 34.7 Å². The minimum atomic E-state index is 0. The van der Waals surface area contributed by atoms with Crippen molar-refractivity contribution < 1.29 is 11.0 Å². The van der Waals surface area contributed by atoms with Crippen LogP contribution in [0.4, 0.5) is 0 Å². The molecule has 198 valence electrons. The number of carbonyl (C=O) groups excluding carboxylic acids is 1. The molecule has 0 radical (unpaired) electrons. The van der Waals surface area contributed by atoms with Crippen LogP contribution in [0.1, 0.15) is 28.3 Å². The highest BCUT2D eigenvalue weighted by Gasteiger charge is 2.18. The number of nitrogens with zero attached hydrogens (tertiary/aromatic N) is 4. The Kier molecular flexibility index (Phi) is 11.8. The molecule has 3 aromatic heterocycles. The number of piperazine rings is 1. The largest absolute Gasteiger partial charge is 0.383 e. The van der Waals surface area contributed by atoms with Crippen LogP contribution in [-0.2, 0) is 16.1 Å². The van der Waals surface area contributed by atoms with E-state index in [4.69, 9.17) is 9.53 Å². The van der Waals surface area contributed by atoms with Gasteiger partial charge < -0.3 is 19.1 Å². The predicted molar refractivity (Wildman–Crippen MR) is 154 cm³/mol. The Morgan fingerprint density at radius 3 is 2.39 bits per heavy atom. The molecule has 0 bridgehead atoms. The molecule has 1 saturated heterocycles. The van der Waals surface area contributed by atoms with Gasteiger partial charge in [-0.2, -0.15) is 0 Å². The number of pyridine rings is 1. The third-order valence-electron chi connectivity index (χ3n) is 6.45. The first-order valence-corrected chi connectivity index (χ1v) is 12.5. The lowest BCUT2D eigenvalue weighted by Gasteiger charge is -2.34. The second-order valence-electron chi connectivity index (χ2n) is 8.56. The minimum Gasteiger partial charge on any atom is -0.383 e. The van der Waals surface area contributed by atoms with Crippen LogP contribution in [0, 0.1) is 6.92 Å². The van der Waals surface area contributed by atoms with Gasteiger partial charge in [-0.3, -0.25) is 9.80 Å². The van der Waals surface area contributed by atoms with E-state index in [1.165, 1.54) is 22.0 Å². The monoisotopic (exact) mass is 495 g/mol. The molecule has 1 aromatic carbocycles. The molecule has 36 heavy (non-hydrogen) atoms. The zero-order valence-corrected chi connectivity index (χ0v) is 21.6. The van der Waals surface area contributed by atoms with E-state index in [0.29, 0.717) is 0 Å². The molecule has 7 nitrogen and oxygen atoms in total. The number of carbonyl (C=O) groups is 1. The van der Waals surface area contributed by atoms with Crippen LogP contribution in [-0.4, -0.2) is 84.1 Å². The molecule has 1 aliphatic rings. The third kappa shape index (κ3) is 6.81. The molecule has 0 saturated carbocycles. The third-order valence-corrected chi connectivity index (χ3v) is 6.45. The Labute approximate surface area is 217 Å². The van der Waals surface area contributed by atoms with Crippen LogP contribution in [0.15, 0.2) is 48.8 Å². The van der Waals surface area contributed by atoms with Gasteiger partial charge in [0.25, 0.3) is 0 Å². The Morgan fingerprint density at radius 1 is 1.03 bits per heavy atom. The van der Waals surface area contributed by atoms with E-state index in [1.54, 1.807) is 7.11 Å². The zero-order valence-electron chi connectivity index (χ0n) is 21.6. The van der Waals surface area contributed by atoms with Crippen LogP contribution >= 0.6 is 0 Å². The molecule has 5 rings (SSSR count). The molecule has 0 unspecified atom stereocenters. The van der Waals surface area contributed by atoms with Gasteiger partial charge in [0, 0.05) is 94.3 Å². The van der Waals surface area contributed by atoms with E-state index >= 15 is 0 Å². The highest BCUT2D eigenvalue weighted by molar-refractivity contribution is 5.98. The summed E-state index contributed by atoms with van der Waals surface area (Å²) >= 11 is 0. The first-order chi connectivity index (χ1) is 17.2. The lowest BCUT2D eigenvalue weighted by atomic mass is 10.1. The molecule has 0 atom stereocenters. The number of fused-ring (bicyclic) bond motifs is 2. The van der Waals surface area contributed by atoms with Gasteiger partial charge in [-0.1, -0.05) is 32.9 Å². The number of hydrogen-bond acceptors (Lipinski definition) is 5. The maximum absolute atomic E-state index is 8.00. The van der Waals surface area contributed by atoms with Gasteiger partial charge in [-0.25, -0.2) is 4.98 Å². The molecule has 1 fully saturated rings. The highest BCUT2D eigenvalue weighted by atomic mass is 16.5. The second kappa shape index (κ2) is 14.5. The van der Waals surface area contributed by atoms with Gasteiger partial charge in [-0.05, 0) is 37.3 Å². The van der Waals surface area contributed by atoms with E-state index in [2.05, 4.69) is 67.8 Å². The molecule has 0 amide bonds. The fourth-order valence-corrected chi connectivity index (χ4v) is 4.62. The fraction of sp³-hybridized carbons (Fsp3) is 0.448. The van der Waals surface area contributed by atoms with Crippen LogP contribution in [0.25, 0.3) is 33.2 Å². The van der Waals surface area contributed by atoms with Gasteiger partial charge in [0.05, 0.1) is 6.61 Å². The number of aromatic nitrogens is 3. The molecule has 4 heterocycles. The van der Waals surface area contributed by atoms with Crippen molar-refractivity contribution in [3.8, 4) is 11.3 Å². The van der Waals surface area contributed by atoms with Crippen molar-refractivity contribution in [2.24, 2.45) is 0 Å². The van der Waals surface area contributed by atoms with Crippen molar-refractivity contribution in [3.63, 3.8) is 0 Å². The zero-order chi connectivity index (χ0) is 25.2. The number of H-pyrrole nitrogens is 1. The smallest absolute Gasteiger partial charge is 0.137 e. The van der Waals surface area contributed by atoms with Crippen molar-refractivity contribution in [3.05, 3.63) is 54.4 Å². The van der Waals surface area contributed by atoms with E-state index < -0.39 is 0 Å². The summed E-state index contributed by atoms with van der Waals surface area (Å²) in [6.45, 7) is 16.6. The molecule has 1 N–H and O–H groups in total. The van der Waals surface area contributed by atoms with E-state index in [0.717, 1.165) is 69.1 Å². The number of hydrogen-bond donors (Lipinski definition) is 1. The topological polar surface area (TPSA) is 66.4 Å². The average Bonchev–Trinajstić information content (AvgIpc) is 3.50. The lowest BCUT2D eigenvalue weighted by molar-refractivity contribution is -0.0979. The normalized spacial score (nSPS) is 14.0. The number of nitrogens with one attached hydrogen (secondary N) is 1. The second-order valence-corrected chi connectivity index (χ2v) is 8.56. The molecule has 7 heteroatoms. The highest BCUT2D eigenvalue weighted by Crippen LogP contribution is 2.32. The van der Waals surface area contributed by atoms with Crippen molar-refractivity contribution in [1.29, 1.82) is 0 Å². The Hall–Kier alpha value is -3.00. The quantitative estimate of drug-likeness (QED) is 0.368. The summed E-state index contributed by atoms with van der Waals surface area (Å²) in [5.41, 5.74) is 5.91. The lowest BCUT2D eigenvalue weighted by Crippen LogP contribution is -2.47. The van der Waals surface area contributed by atoms with E-state index in [-0.39, 0.29) is 8.85 Å². The molecular formula is C29H45N5O2. The summed E-state index contributed by atoms with van der Waals surface area (Å²) in [7, 11) is 1.78. The van der Waals surface area contributed by atoms with E-state index in [1.807, 2.05) is 32.9 Å². The van der Waals surface area contributed by atoms with Gasteiger partial charge in [0.15, 0.2) is 0 Å². The summed E-state index contributed by atoms with van der Waals surface area (Å²) < 4.78 is 7.64. The van der Waals surface area contributed by atoms with Crippen molar-refractivity contribution in [2.75, 3.05) is 53.0 Å². The summed E-state index contributed by atoms with van der Waals surface area (Å²) in [6, 6.07) is 13.1. The number of aryl methyl sites for hydroxylation is 1. The standard InChI is InChI=1S/C25H31N5O.C2H6.CH2O.CH4.H2/c1-19-5-6-24-21(16-19)22(23-17-20-4-3-7-26-25(20)27-23)18-30(24)13-12-28-8-10-29(11-9-28)14-15-31-2;2*1-2;;/h3-7,16-18H,8-15H2,1-2H3,(H,26,27);1-2H3;1H2;1H4;1H. The van der Waals surface area contributed by atoms with Gasteiger partial charge in [0.1, 0.15) is 12.4 Å². The minimum absolute atomic E-state index is 0. The van der Waals surface area contributed by atoms with Crippen molar-refractivity contribution >= 4 is 28.7 Å². The maximum Gasteiger partial charge on any atom is 0.137 e. The Morgan fingerprint density at radius 2 is 1.72 bits per heavy atom. The van der Waals surface area contributed by atoms with Crippen molar-refractivity contribution in [1.82, 2.24) is 24.3 Å². The number of benzene rings is 1. The summed E-state index contributed by atoms with van der Waals surface area (Å²) in [4.78, 5) is 21.1. The van der Waals surface area contributed by atoms with Crippen LogP contribution in [0.3, 0.4) is 0 Å². The number of methoxy groups -OCH3 is 1. The van der Waals surface area contributed by atoms with Gasteiger partial charge in [0.2, 0.25) is 0 Å². The first kappa shape index (κ1) is 29.2. The predicted octanol–water partition coefficient (Wildman–Crippen LogP) is 5.48. The van der Waals surface area contributed by atoms with Crippen LogP contribution in [0.2, 0.25) is 0 Å². The maximum atomic E-state index is 8.00. The van der Waals surface area contributed by atoms with Gasteiger partial charge >= 0.3 is 0 Å². The van der Waals surface area contributed by atoms with Crippen LogP contribution < -0.4 is 0 Å². The summed E-state index contributed by atoms with van der Waals surface area (Å²) in [5, 5.41) is 2.45. The average molecular weight is 496 g/mol. The number of aromatic amines is 1. The number of ether oxygens (including phenoxy) is 1. The molecule has 0 aliphatic carbocycles.